The van der Waals surface area contributed by atoms with Crippen molar-refractivity contribution in [3.05, 3.63) is 104 Å². The Balaban J connectivity index is 1.57. The zero-order valence-corrected chi connectivity index (χ0v) is 18.7. The fourth-order valence-corrected chi connectivity index (χ4v) is 3.58. The van der Waals surface area contributed by atoms with Gasteiger partial charge in [-0.05, 0) is 54.5 Å². The molecule has 0 fully saturated rings. The fourth-order valence-electron chi connectivity index (χ4n) is 3.58. The number of aromatic nitrogens is 2. The molecule has 0 atom stereocenters. The van der Waals surface area contributed by atoms with Gasteiger partial charge in [0.1, 0.15) is 5.82 Å². The first kappa shape index (κ1) is 23.0. The first-order chi connectivity index (χ1) is 16.4. The number of halogens is 1. The van der Waals surface area contributed by atoms with Crippen LogP contribution < -0.4 is 22.0 Å². The Morgan fingerprint density at radius 2 is 1.91 bits per heavy atom. The minimum Gasteiger partial charge on any atom is -0.348 e. The number of fused-ring (bicyclic) bond motifs is 1. The van der Waals surface area contributed by atoms with Crippen LogP contribution in [0.4, 0.5) is 4.39 Å². The first-order valence-electron chi connectivity index (χ1n) is 10.7. The largest absolute Gasteiger partial charge is 0.348 e. The zero-order chi connectivity index (χ0) is 24.2. The Morgan fingerprint density at radius 3 is 2.59 bits per heavy atom. The van der Waals surface area contributed by atoms with E-state index in [1.165, 1.54) is 40.1 Å². The third-order valence-corrected chi connectivity index (χ3v) is 5.39. The van der Waals surface area contributed by atoms with Crippen LogP contribution in [-0.4, -0.2) is 33.4 Å². The monoisotopic (exact) mass is 465 g/mol. The summed E-state index contributed by atoms with van der Waals surface area (Å²) in [5, 5.41) is 4.51. The Morgan fingerprint density at radius 1 is 1.15 bits per heavy atom. The number of nitrogens with zero attached hydrogens (tertiary/aromatic N) is 3. The normalized spacial score (nSPS) is 13.0. The lowest BCUT2D eigenvalue weighted by Gasteiger charge is -2.22. The van der Waals surface area contributed by atoms with Crippen LogP contribution in [0, 0.1) is 5.82 Å². The molecule has 1 aliphatic rings. The maximum Gasteiger partial charge on any atom is 0.331 e. The van der Waals surface area contributed by atoms with Gasteiger partial charge >= 0.3 is 5.69 Å². The van der Waals surface area contributed by atoms with Crippen LogP contribution in [0.1, 0.15) is 22.8 Å². The van der Waals surface area contributed by atoms with Gasteiger partial charge in [0, 0.05) is 25.4 Å². The third-order valence-electron chi connectivity index (χ3n) is 5.39. The van der Waals surface area contributed by atoms with Gasteiger partial charge in [-0.25, -0.2) is 9.18 Å². The highest BCUT2D eigenvalue weighted by atomic mass is 19.1. The van der Waals surface area contributed by atoms with Gasteiger partial charge in [0.15, 0.2) is 0 Å². The molecule has 2 N–H and O–H groups in total. The van der Waals surface area contributed by atoms with Gasteiger partial charge in [0.25, 0.3) is 11.5 Å². The molecule has 4 rings (SSSR count). The summed E-state index contributed by atoms with van der Waals surface area (Å²) in [6, 6.07) is 10.2. The molecule has 0 bridgehead atoms. The molecule has 0 radical (unpaired) electrons. The number of hydrogen-bond acceptors (Lipinski definition) is 6. The number of hydrogen-bond donors (Lipinski definition) is 2. The SMILES string of the molecule is CCON1C=CC(CNC(=O)c2ccc3c(c2)c(=O)n(Cc2ccc(F)cc2)c(=O)n3C)=CN1. The number of carbonyl (C=O) groups excluding carboxylic acids is 1. The lowest BCUT2D eigenvalue weighted by atomic mass is 10.1. The summed E-state index contributed by atoms with van der Waals surface area (Å²) in [4.78, 5) is 43.9. The number of nitrogens with one attached hydrogen (secondary N) is 2. The van der Waals surface area contributed by atoms with Gasteiger partial charge in [-0.1, -0.05) is 12.1 Å². The number of carbonyl (C=O) groups is 1. The number of hydroxylamine groups is 1. The van der Waals surface area contributed by atoms with E-state index in [9.17, 15) is 18.8 Å². The van der Waals surface area contributed by atoms with Gasteiger partial charge in [-0.15, -0.1) is 0 Å². The van der Waals surface area contributed by atoms with Crippen molar-refractivity contribution in [1.82, 2.24) is 25.0 Å². The second kappa shape index (κ2) is 9.75. The third kappa shape index (κ3) is 4.76. The molecule has 0 aliphatic carbocycles. The maximum absolute atomic E-state index is 13.2. The van der Waals surface area contributed by atoms with Gasteiger partial charge < -0.3 is 5.32 Å². The Kier molecular flexibility index (Phi) is 6.60. The predicted octanol–water partition coefficient (Wildman–Crippen LogP) is 1.79. The molecule has 1 amide bonds. The number of rotatable bonds is 7. The molecular weight excluding hydrogens is 441 g/mol. The van der Waals surface area contributed by atoms with Crippen molar-refractivity contribution < 1.29 is 14.0 Å². The summed E-state index contributed by atoms with van der Waals surface area (Å²) in [7, 11) is 1.56. The van der Waals surface area contributed by atoms with Crippen LogP contribution in [0.15, 0.2) is 76.1 Å². The summed E-state index contributed by atoms with van der Waals surface area (Å²) in [5.41, 5.74) is 4.05. The van der Waals surface area contributed by atoms with Crippen molar-refractivity contribution >= 4 is 16.8 Å². The fraction of sp³-hybridized carbons (Fsp3) is 0.208. The van der Waals surface area contributed by atoms with Crippen molar-refractivity contribution in [2.24, 2.45) is 7.05 Å². The average molecular weight is 465 g/mol. The second-order valence-electron chi connectivity index (χ2n) is 7.68. The number of benzene rings is 2. The summed E-state index contributed by atoms with van der Waals surface area (Å²) < 4.78 is 15.6. The van der Waals surface area contributed by atoms with Crippen LogP contribution in [-0.2, 0) is 18.4 Å². The van der Waals surface area contributed by atoms with E-state index in [-0.39, 0.29) is 24.4 Å². The van der Waals surface area contributed by atoms with Gasteiger partial charge in [0.2, 0.25) is 0 Å². The predicted molar refractivity (Wildman–Crippen MR) is 125 cm³/mol. The van der Waals surface area contributed by atoms with Gasteiger partial charge in [0.05, 0.1) is 30.3 Å². The zero-order valence-electron chi connectivity index (χ0n) is 18.7. The quantitative estimate of drug-likeness (QED) is 0.552. The topological polar surface area (TPSA) is 97.6 Å². The molecule has 1 aromatic heterocycles. The highest BCUT2D eigenvalue weighted by molar-refractivity contribution is 5.98. The van der Waals surface area contributed by atoms with E-state index < -0.39 is 17.1 Å². The van der Waals surface area contributed by atoms with E-state index in [1.807, 2.05) is 6.92 Å². The smallest absolute Gasteiger partial charge is 0.331 e. The summed E-state index contributed by atoms with van der Waals surface area (Å²) in [6.07, 6.45) is 5.21. The molecule has 2 heterocycles. The molecule has 1 aliphatic heterocycles. The van der Waals surface area contributed by atoms with Crippen LogP contribution >= 0.6 is 0 Å². The van der Waals surface area contributed by atoms with Crippen molar-refractivity contribution in [2.45, 2.75) is 13.5 Å². The molecule has 10 heteroatoms. The summed E-state index contributed by atoms with van der Waals surface area (Å²) in [5.74, 6) is -0.762. The molecule has 34 heavy (non-hydrogen) atoms. The van der Waals surface area contributed by atoms with E-state index in [0.717, 1.165) is 10.1 Å². The highest BCUT2D eigenvalue weighted by Gasteiger charge is 2.15. The van der Waals surface area contributed by atoms with Crippen molar-refractivity contribution in [3.8, 4) is 0 Å². The molecule has 0 saturated carbocycles. The Hall–Kier alpha value is -4.18. The molecule has 9 nitrogen and oxygen atoms in total. The Labute approximate surface area is 194 Å². The molecule has 2 aromatic carbocycles. The number of amides is 1. The number of aryl methyl sites for hydroxylation is 1. The Bertz CT molecular complexity index is 1410. The van der Waals surface area contributed by atoms with Gasteiger partial charge in [-0.3, -0.25) is 29.0 Å². The van der Waals surface area contributed by atoms with Crippen molar-refractivity contribution in [2.75, 3.05) is 13.2 Å². The molecule has 0 spiro atoms. The van der Waals surface area contributed by atoms with Gasteiger partial charge in [-0.2, -0.15) is 5.17 Å². The second-order valence-corrected chi connectivity index (χ2v) is 7.68. The standard InChI is InChI=1S/C24H24FN5O4/c1-3-34-30-11-10-17(14-27-30)13-26-22(31)18-6-9-21-20(12-18)23(32)29(24(33)28(21)2)15-16-4-7-19(25)8-5-16/h4-12,14,27H,3,13,15H2,1-2H3,(H,26,31). The van der Waals surface area contributed by atoms with Crippen LogP contribution in [0.2, 0.25) is 0 Å². The lowest BCUT2D eigenvalue weighted by Crippen LogP contribution is -2.39. The summed E-state index contributed by atoms with van der Waals surface area (Å²) in [6.45, 7) is 2.64. The van der Waals surface area contributed by atoms with Crippen LogP contribution in [0.3, 0.4) is 0 Å². The molecule has 3 aromatic rings. The average Bonchev–Trinajstić information content (AvgIpc) is 2.85. The summed E-state index contributed by atoms with van der Waals surface area (Å²) >= 11 is 0. The van der Waals surface area contributed by atoms with E-state index in [1.54, 1.807) is 37.7 Å². The van der Waals surface area contributed by atoms with E-state index in [0.29, 0.717) is 23.3 Å². The molecule has 0 saturated heterocycles. The van der Waals surface area contributed by atoms with Crippen molar-refractivity contribution in [3.63, 3.8) is 0 Å². The molecular formula is C24H24FN5O4. The molecule has 0 unspecified atom stereocenters. The first-order valence-corrected chi connectivity index (χ1v) is 10.7. The van der Waals surface area contributed by atoms with E-state index in [2.05, 4.69) is 10.7 Å². The van der Waals surface area contributed by atoms with Crippen LogP contribution in [0.5, 0.6) is 0 Å². The molecule has 176 valence electrons. The maximum atomic E-state index is 13.2. The minimum absolute atomic E-state index is 0.00952. The number of hydrazine groups is 1. The van der Waals surface area contributed by atoms with E-state index in [4.69, 9.17) is 4.84 Å². The van der Waals surface area contributed by atoms with Crippen molar-refractivity contribution in [1.29, 1.82) is 0 Å². The van der Waals surface area contributed by atoms with E-state index >= 15 is 0 Å². The van der Waals surface area contributed by atoms with Crippen LogP contribution in [0.25, 0.3) is 10.9 Å². The lowest BCUT2D eigenvalue weighted by molar-refractivity contribution is -0.143. The minimum atomic E-state index is -0.518. The highest BCUT2D eigenvalue weighted by Crippen LogP contribution is 2.12.